The van der Waals surface area contributed by atoms with Crippen molar-refractivity contribution in [1.82, 2.24) is 4.57 Å². The Labute approximate surface area is 163 Å². The summed E-state index contributed by atoms with van der Waals surface area (Å²) in [4.78, 5) is 12.4. The monoisotopic (exact) mass is 375 g/mol. The van der Waals surface area contributed by atoms with Gasteiger partial charge in [-0.1, -0.05) is 35.9 Å². The van der Waals surface area contributed by atoms with Crippen molar-refractivity contribution < 1.29 is 4.79 Å². The Balaban J connectivity index is 1.95. The van der Waals surface area contributed by atoms with Crippen LogP contribution in [0.15, 0.2) is 66.2 Å². The second kappa shape index (κ2) is 7.94. The molecule has 134 valence electrons. The zero-order valence-corrected chi connectivity index (χ0v) is 15.8. The van der Waals surface area contributed by atoms with Gasteiger partial charge in [-0.25, -0.2) is 0 Å². The number of carbonyl (C=O) groups is 1. The van der Waals surface area contributed by atoms with E-state index in [4.69, 9.17) is 11.6 Å². The number of carbonyl (C=O) groups excluding carboxylic acids is 1. The topological polar surface area (TPSA) is 57.8 Å². The number of aromatic nitrogens is 1. The molecule has 0 aliphatic carbocycles. The third-order valence-electron chi connectivity index (χ3n) is 4.23. The van der Waals surface area contributed by atoms with Gasteiger partial charge in [0, 0.05) is 27.8 Å². The number of nitrogens with one attached hydrogen (secondary N) is 1. The van der Waals surface area contributed by atoms with E-state index in [9.17, 15) is 10.1 Å². The molecule has 0 saturated carbocycles. The third kappa shape index (κ3) is 4.11. The lowest BCUT2D eigenvalue weighted by molar-refractivity contribution is -0.112. The molecule has 1 amide bonds. The maximum absolute atomic E-state index is 12.4. The fraction of sp³-hybridized carbons (Fsp3) is 0.0909. The first-order valence-corrected chi connectivity index (χ1v) is 8.80. The van der Waals surface area contributed by atoms with Crippen molar-refractivity contribution in [1.29, 1.82) is 5.26 Å². The minimum absolute atomic E-state index is 0.0465. The number of rotatable bonds is 4. The minimum Gasteiger partial charge on any atom is -0.321 e. The maximum Gasteiger partial charge on any atom is 0.266 e. The molecule has 2 aromatic carbocycles. The van der Waals surface area contributed by atoms with Crippen LogP contribution in [0.1, 0.15) is 17.0 Å². The van der Waals surface area contributed by atoms with E-state index < -0.39 is 5.91 Å². The van der Waals surface area contributed by atoms with Gasteiger partial charge in [-0.15, -0.1) is 0 Å². The average Bonchev–Trinajstić information content (AvgIpc) is 2.93. The van der Waals surface area contributed by atoms with Crippen LogP contribution < -0.4 is 5.32 Å². The summed E-state index contributed by atoms with van der Waals surface area (Å²) in [6, 6.07) is 20.6. The molecule has 3 aromatic rings. The molecule has 5 heteroatoms. The molecule has 4 nitrogen and oxygen atoms in total. The van der Waals surface area contributed by atoms with Gasteiger partial charge in [0.2, 0.25) is 0 Å². The Morgan fingerprint density at radius 3 is 2.52 bits per heavy atom. The van der Waals surface area contributed by atoms with Crippen LogP contribution in [0.3, 0.4) is 0 Å². The fourth-order valence-corrected chi connectivity index (χ4v) is 3.15. The fourth-order valence-electron chi connectivity index (χ4n) is 2.97. The molecule has 1 aromatic heterocycles. The number of hydrogen-bond donors (Lipinski definition) is 1. The molecule has 0 aliphatic rings. The number of nitriles is 1. The molecule has 0 bridgehead atoms. The highest BCUT2D eigenvalue weighted by molar-refractivity contribution is 6.30. The Kier molecular flexibility index (Phi) is 5.44. The van der Waals surface area contributed by atoms with Crippen LogP contribution in [0.4, 0.5) is 5.69 Å². The minimum atomic E-state index is -0.434. The standard InChI is InChI=1S/C22H18ClN3O/c1-15-11-17(16(2)26(15)21-10-6-7-19(23)13-21)12-18(14-24)22(27)25-20-8-4-3-5-9-20/h3-13H,1-2H3,(H,25,27). The molecule has 1 heterocycles. The first-order chi connectivity index (χ1) is 13.0. The molecular formula is C22H18ClN3O. The van der Waals surface area contributed by atoms with E-state index in [1.807, 2.05) is 73.0 Å². The van der Waals surface area contributed by atoms with E-state index >= 15 is 0 Å². The summed E-state index contributed by atoms with van der Waals surface area (Å²) in [6.45, 7) is 3.92. The predicted molar refractivity (Wildman–Crippen MR) is 109 cm³/mol. The summed E-state index contributed by atoms with van der Waals surface area (Å²) in [6.07, 6.45) is 1.61. The number of benzene rings is 2. The summed E-state index contributed by atoms with van der Waals surface area (Å²) in [5.41, 5.74) is 4.35. The summed E-state index contributed by atoms with van der Waals surface area (Å²) in [5, 5.41) is 12.8. The normalized spacial score (nSPS) is 11.1. The number of halogens is 1. The Hall–Kier alpha value is -3.29. The van der Waals surface area contributed by atoms with Gasteiger partial charge >= 0.3 is 0 Å². The number of amides is 1. The van der Waals surface area contributed by atoms with E-state index in [-0.39, 0.29) is 5.57 Å². The van der Waals surface area contributed by atoms with E-state index in [2.05, 4.69) is 5.32 Å². The summed E-state index contributed by atoms with van der Waals surface area (Å²) >= 11 is 6.11. The molecule has 0 aliphatic heterocycles. The number of hydrogen-bond acceptors (Lipinski definition) is 2. The summed E-state index contributed by atoms with van der Waals surface area (Å²) < 4.78 is 2.04. The van der Waals surface area contributed by atoms with Crippen LogP contribution in [0.5, 0.6) is 0 Å². The molecule has 0 fully saturated rings. The number of nitrogens with zero attached hydrogens (tertiary/aromatic N) is 2. The van der Waals surface area contributed by atoms with E-state index in [0.717, 1.165) is 22.6 Å². The number of para-hydroxylation sites is 1. The van der Waals surface area contributed by atoms with Crippen molar-refractivity contribution in [2.75, 3.05) is 5.32 Å². The highest BCUT2D eigenvalue weighted by atomic mass is 35.5. The van der Waals surface area contributed by atoms with Crippen molar-refractivity contribution in [2.24, 2.45) is 0 Å². The van der Waals surface area contributed by atoms with Crippen LogP contribution in [-0.4, -0.2) is 10.5 Å². The molecule has 3 rings (SSSR count). The third-order valence-corrected chi connectivity index (χ3v) is 4.47. The maximum atomic E-state index is 12.4. The van der Waals surface area contributed by atoms with Gasteiger partial charge in [0.15, 0.2) is 0 Å². The Bertz CT molecular complexity index is 1060. The largest absolute Gasteiger partial charge is 0.321 e. The van der Waals surface area contributed by atoms with Gasteiger partial charge in [0.25, 0.3) is 5.91 Å². The Morgan fingerprint density at radius 2 is 1.85 bits per heavy atom. The zero-order valence-electron chi connectivity index (χ0n) is 15.0. The SMILES string of the molecule is Cc1cc(C=C(C#N)C(=O)Nc2ccccc2)c(C)n1-c1cccc(Cl)c1. The quantitative estimate of drug-likeness (QED) is 0.497. The molecule has 0 saturated heterocycles. The first kappa shape index (κ1) is 18.5. The van der Waals surface area contributed by atoms with Crippen LogP contribution in [0.2, 0.25) is 5.02 Å². The molecule has 0 radical (unpaired) electrons. The van der Waals surface area contributed by atoms with E-state index in [1.165, 1.54) is 0 Å². The molecule has 0 atom stereocenters. The smallest absolute Gasteiger partial charge is 0.266 e. The van der Waals surface area contributed by atoms with E-state index in [1.54, 1.807) is 18.2 Å². The average molecular weight is 376 g/mol. The second-order valence-corrected chi connectivity index (χ2v) is 6.57. The molecule has 27 heavy (non-hydrogen) atoms. The van der Waals surface area contributed by atoms with Crippen molar-refractivity contribution in [2.45, 2.75) is 13.8 Å². The van der Waals surface area contributed by atoms with Gasteiger partial charge in [-0.2, -0.15) is 5.26 Å². The molecular weight excluding hydrogens is 358 g/mol. The van der Waals surface area contributed by atoms with Crippen molar-refractivity contribution >= 4 is 29.3 Å². The lowest BCUT2D eigenvalue weighted by Gasteiger charge is -2.10. The lowest BCUT2D eigenvalue weighted by Crippen LogP contribution is -2.13. The number of anilines is 1. The second-order valence-electron chi connectivity index (χ2n) is 6.13. The van der Waals surface area contributed by atoms with Crippen LogP contribution in [0.25, 0.3) is 11.8 Å². The van der Waals surface area contributed by atoms with Gasteiger partial charge in [-0.3, -0.25) is 4.79 Å². The summed E-state index contributed by atoms with van der Waals surface area (Å²) in [5.74, 6) is -0.434. The van der Waals surface area contributed by atoms with Crippen molar-refractivity contribution in [3.8, 4) is 11.8 Å². The van der Waals surface area contributed by atoms with Gasteiger partial charge in [-0.05, 0) is 61.9 Å². The van der Waals surface area contributed by atoms with Crippen molar-refractivity contribution in [3.05, 3.63) is 88.2 Å². The van der Waals surface area contributed by atoms with Crippen LogP contribution in [0, 0.1) is 25.2 Å². The highest BCUT2D eigenvalue weighted by Crippen LogP contribution is 2.24. The van der Waals surface area contributed by atoms with Crippen molar-refractivity contribution in [3.63, 3.8) is 0 Å². The van der Waals surface area contributed by atoms with Gasteiger partial charge in [0.1, 0.15) is 11.6 Å². The van der Waals surface area contributed by atoms with Crippen LogP contribution in [-0.2, 0) is 4.79 Å². The number of aryl methyl sites for hydroxylation is 1. The van der Waals surface area contributed by atoms with Gasteiger partial charge in [0.05, 0.1) is 0 Å². The van der Waals surface area contributed by atoms with Crippen LogP contribution >= 0.6 is 11.6 Å². The molecule has 1 N–H and O–H groups in total. The molecule has 0 unspecified atom stereocenters. The lowest BCUT2D eigenvalue weighted by atomic mass is 10.1. The highest BCUT2D eigenvalue weighted by Gasteiger charge is 2.14. The van der Waals surface area contributed by atoms with Gasteiger partial charge < -0.3 is 9.88 Å². The van der Waals surface area contributed by atoms with E-state index in [0.29, 0.717) is 10.7 Å². The zero-order chi connectivity index (χ0) is 19.4. The first-order valence-electron chi connectivity index (χ1n) is 8.42. The molecule has 0 spiro atoms. The predicted octanol–water partition coefficient (Wildman–Crippen LogP) is 5.29. The Morgan fingerprint density at radius 1 is 1.11 bits per heavy atom. The summed E-state index contributed by atoms with van der Waals surface area (Å²) in [7, 11) is 0.